The van der Waals surface area contributed by atoms with Gasteiger partial charge in [0.1, 0.15) is 6.04 Å². The molecule has 128 valence electrons. The Hall–Kier alpha value is -1.10. The third kappa shape index (κ3) is 5.59. The van der Waals surface area contributed by atoms with Crippen molar-refractivity contribution in [3.8, 4) is 0 Å². The molecule has 0 saturated carbocycles. The summed E-state index contributed by atoms with van der Waals surface area (Å²) in [6.45, 7) is 11.9. The first-order chi connectivity index (χ1) is 10.2. The van der Waals surface area contributed by atoms with Gasteiger partial charge in [0.25, 0.3) is 0 Å². The maximum atomic E-state index is 12.6. The normalized spacial score (nSPS) is 18.4. The average molecular weight is 311 g/mol. The van der Waals surface area contributed by atoms with Crippen LogP contribution in [0.2, 0.25) is 0 Å². The Balaban J connectivity index is 2.72. The van der Waals surface area contributed by atoms with E-state index in [0.29, 0.717) is 0 Å². The predicted octanol–water partition coefficient (Wildman–Crippen LogP) is 1.77. The molecule has 5 heteroatoms. The van der Waals surface area contributed by atoms with Crippen LogP contribution in [0.3, 0.4) is 0 Å². The van der Waals surface area contributed by atoms with Crippen LogP contribution in [0.25, 0.3) is 0 Å². The summed E-state index contributed by atoms with van der Waals surface area (Å²) in [4.78, 5) is 27.0. The van der Waals surface area contributed by atoms with Crippen molar-refractivity contribution in [3.05, 3.63) is 0 Å². The summed E-state index contributed by atoms with van der Waals surface area (Å²) >= 11 is 0. The lowest BCUT2D eigenvalue weighted by Crippen LogP contribution is -2.55. The number of hydrogen-bond acceptors (Lipinski definition) is 3. The second-order valence-electron chi connectivity index (χ2n) is 7.87. The summed E-state index contributed by atoms with van der Waals surface area (Å²) < 4.78 is 0. The van der Waals surface area contributed by atoms with Gasteiger partial charge in [-0.1, -0.05) is 34.6 Å². The van der Waals surface area contributed by atoms with Crippen LogP contribution in [0.5, 0.6) is 0 Å². The lowest BCUT2D eigenvalue weighted by atomic mass is 9.87. The number of nitrogens with one attached hydrogen (secondary N) is 2. The van der Waals surface area contributed by atoms with Crippen LogP contribution in [-0.4, -0.2) is 48.9 Å². The first-order valence-electron chi connectivity index (χ1n) is 8.42. The highest BCUT2D eigenvalue weighted by molar-refractivity contribution is 5.90. The molecule has 0 aromatic heterocycles. The smallest absolute Gasteiger partial charge is 0.245 e. The molecule has 0 aromatic rings. The molecule has 0 bridgehead atoms. The van der Waals surface area contributed by atoms with Gasteiger partial charge in [0.2, 0.25) is 11.8 Å². The molecule has 0 radical (unpaired) electrons. The molecule has 1 rings (SSSR count). The van der Waals surface area contributed by atoms with E-state index in [-0.39, 0.29) is 29.2 Å². The van der Waals surface area contributed by atoms with Gasteiger partial charge >= 0.3 is 0 Å². The van der Waals surface area contributed by atoms with Crippen molar-refractivity contribution in [1.29, 1.82) is 0 Å². The van der Waals surface area contributed by atoms with Crippen LogP contribution in [-0.2, 0) is 9.59 Å². The molecule has 22 heavy (non-hydrogen) atoms. The molecule has 0 spiro atoms. The van der Waals surface area contributed by atoms with Gasteiger partial charge in [0.05, 0.1) is 6.04 Å². The van der Waals surface area contributed by atoms with Gasteiger partial charge in [0, 0.05) is 13.1 Å². The van der Waals surface area contributed by atoms with Crippen molar-refractivity contribution in [3.63, 3.8) is 0 Å². The topological polar surface area (TPSA) is 61.4 Å². The van der Waals surface area contributed by atoms with E-state index >= 15 is 0 Å². The first kappa shape index (κ1) is 18.9. The summed E-state index contributed by atoms with van der Waals surface area (Å²) in [7, 11) is 1.79. The zero-order chi connectivity index (χ0) is 16.9. The van der Waals surface area contributed by atoms with Crippen LogP contribution in [0.15, 0.2) is 0 Å². The van der Waals surface area contributed by atoms with E-state index in [0.717, 1.165) is 32.4 Å². The van der Waals surface area contributed by atoms with Crippen LogP contribution in [0.1, 0.15) is 53.9 Å². The van der Waals surface area contributed by atoms with Gasteiger partial charge in [-0.15, -0.1) is 0 Å². The third-order valence-corrected chi connectivity index (χ3v) is 4.13. The van der Waals surface area contributed by atoms with Crippen molar-refractivity contribution >= 4 is 11.8 Å². The predicted molar refractivity (Wildman–Crippen MR) is 89.5 cm³/mol. The minimum atomic E-state index is -0.429. The molecule has 2 amide bonds. The highest BCUT2D eigenvalue weighted by Crippen LogP contribution is 2.21. The van der Waals surface area contributed by atoms with Crippen molar-refractivity contribution in [2.24, 2.45) is 11.3 Å². The Morgan fingerprint density at radius 3 is 2.09 bits per heavy atom. The van der Waals surface area contributed by atoms with Gasteiger partial charge in [-0.3, -0.25) is 9.59 Å². The number of hydrogen-bond donors (Lipinski definition) is 2. The number of likely N-dealkylation sites (N-methyl/N-ethyl adjacent to an activating group) is 1. The zero-order valence-electron chi connectivity index (χ0n) is 15.0. The van der Waals surface area contributed by atoms with Gasteiger partial charge in [-0.25, -0.2) is 0 Å². The van der Waals surface area contributed by atoms with Crippen LogP contribution in [0, 0.1) is 11.3 Å². The van der Waals surface area contributed by atoms with Gasteiger partial charge < -0.3 is 15.5 Å². The zero-order valence-corrected chi connectivity index (χ0v) is 15.0. The summed E-state index contributed by atoms with van der Waals surface area (Å²) in [6, 6.07) is -0.700. The Morgan fingerprint density at radius 1 is 1.14 bits per heavy atom. The second-order valence-corrected chi connectivity index (χ2v) is 7.87. The van der Waals surface area contributed by atoms with Gasteiger partial charge in [0.15, 0.2) is 0 Å². The maximum Gasteiger partial charge on any atom is 0.245 e. The lowest BCUT2D eigenvalue weighted by molar-refractivity contribution is -0.137. The minimum Gasteiger partial charge on any atom is -0.343 e. The Kier molecular flexibility index (Phi) is 6.85. The van der Waals surface area contributed by atoms with Crippen LogP contribution in [0.4, 0.5) is 0 Å². The number of nitrogens with zero attached hydrogens (tertiary/aromatic N) is 1. The Bertz CT molecular complexity index is 382. The van der Waals surface area contributed by atoms with E-state index < -0.39 is 6.04 Å². The number of likely N-dealkylation sites (tertiary alicyclic amines) is 1. The van der Waals surface area contributed by atoms with Crippen LogP contribution >= 0.6 is 0 Å². The van der Waals surface area contributed by atoms with Crippen molar-refractivity contribution in [2.45, 2.75) is 66.0 Å². The second kappa shape index (κ2) is 7.95. The largest absolute Gasteiger partial charge is 0.343 e. The molecule has 0 aromatic carbocycles. The Labute approximate surface area is 135 Å². The van der Waals surface area contributed by atoms with Crippen LogP contribution < -0.4 is 10.6 Å². The van der Waals surface area contributed by atoms with E-state index in [9.17, 15) is 9.59 Å². The standard InChI is InChI=1S/C17H33N3O2/c1-12(2)14(16(22)20-9-7-8-10-20)19-15(21)13(18-6)11-17(3,4)5/h12-14,18H,7-11H2,1-6H3,(H,19,21)/t13?,14-/m0/s1. The molecule has 2 N–H and O–H groups in total. The first-order valence-corrected chi connectivity index (χ1v) is 8.42. The van der Waals surface area contributed by atoms with Gasteiger partial charge in [-0.2, -0.15) is 0 Å². The molecular formula is C17H33N3O2. The van der Waals surface area contributed by atoms with Crippen molar-refractivity contribution in [1.82, 2.24) is 15.5 Å². The number of carbonyl (C=O) groups is 2. The summed E-state index contributed by atoms with van der Waals surface area (Å²) in [6.07, 6.45) is 2.86. The quantitative estimate of drug-likeness (QED) is 0.786. The number of carbonyl (C=O) groups excluding carboxylic acids is 2. The molecule has 1 heterocycles. The minimum absolute atomic E-state index is 0.0529. The highest BCUT2D eigenvalue weighted by Gasteiger charge is 2.32. The summed E-state index contributed by atoms with van der Waals surface area (Å²) in [5, 5.41) is 6.05. The lowest BCUT2D eigenvalue weighted by Gasteiger charge is -2.30. The molecule has 1 aliphatic rings. The van der Waals surface area contributed by atoms with Crippen molar-refractivity contribution in [2.75, 3.05) is 20.1 Å². The summed E-state index contributed by atoms with van der Waals surface area (Å²) in [5.74, 6) is 0.0688. The van der Waals surface area contributed by atoms with E-state index in [2.05, 4.69) is 31.4 Å². The SMILES string of the molecule is CNC(CC(C)(C)C)C(=O)N[C@H](C(=O)N1CCCC1)C(C)C. The number of amides is 2. The third-order valence-electron chi connectivity index (χ3n) is 4.13. The van der Waals surface area contributed by atoms with Gasteiger partial charge in [-0.05, 0) is 37.6 Å². The molecule has 2 atom stereocenters. The monoisotopic (exact) mass is 311 g/mol. The fraction of sp³-hybridized carbons (Fsp3) is 0.882. The molecule has 1 unspecified atom stereocenters. The Morgan fingerprint density at radius 2 is 1.68 bits per heavy atom. The maximum absolute atomic E-state index is 12.6. The average Bonchev–Trinajstić information content (AvgIpc) is 2.93. The van der Waals surface area contributed by atoms with E-state index in [1.165, 1.54) is 0 Å². The molecule has 1 saturated heterocycles. The molecule has 0 aliphatic carbocycles. The van der Waals surface area contributed by atoms with E-state index in [4.69, 9.17) is 0 Å². The summed E-state index contributed by atoms with van der Waals surface area (Å²) in [5.41, 5.74) is 0.0529. The van der Waals surface area contributed by atoms with Crippen molar-refractivity contribution < 1.29 is 9.59 Å². The molecular weight excluding hydrogens is 278 g/mol. The van der Waals surface area contributed by atoms with E-state index in [1.807, 2.05) is 18.7 Å². The molecule has 5 nitrogen and oxygen atoms in total. The van der Waals surface area contributed by atoms with E-state index in [1.54, 1.807) is 7.05 Å². The fourth-order valence-corrected chi connectivity index (χ4v) is 2.84. The molecule has 1 fully saturated rings. The highest BCUT2D eigenvalue weighted by atomic mass is 16.2. The molecule has 1 aliphatic heterocycles. The number of rotatable bonds is 6. The fourth-order valence-electron chi connectivity index (χ4n) is 2.84.